The maximum absolute atomic E-state index is 14.0. The average molecular weight is 586 g/mol. The van der Waals surface area contributed by atoms with Gasteiger partial charge in [-0.1, -0.05) is 48.0 Å². The number of primary amides is 1. The van der Waals surface area contributed by atoms with E-state index in [-0.39, 0.29) is 35.5 Å². The Hall–Kier alpha value is -3.11. The summed E-state index contributed by atoms with van der Waals surface area (Å²) in [6.45, 7) is 2.22. The topological polar surface area (TPSA) is 83.7 Å². The molecule has 0 saturated carbocycles. The Balaban J connectivity index is 1.49. The molecule has 210 valence electrons. The van der Waals surface area contributed by atoms with Gasteiger partial charge in [-0.15, -0.1) is 0 Å². The quantitative estimate of drug-likeness (QED) is 0.398. The van der Waals surface area contributed by atoms with Gasteiger partial charge in [0.25, 0.3) is 0 Å². The zero-order valence-electron chi connectivity index (χ0n) is 22.0. The van der Waals surface area contributed by atoms with Crippen molar-refractivity contribution in [1.82, 2.24) is 9.80 Å². The third-order valence-electron chi connectivity index (χ3n) is 7.50. The van der Waals surface area contributed by atoms with E-state index >= 15 is 0 Å². The van der Waals surface area contributed by atoms with E-state index in [1.165, 1.54) is 0 Å². The standard InChI is InChI=1S/C30H30ClF2N3O3S/c1-40(38,39)29(22-14-25(32)16-26(33)15-22)23-17-36(18-23)27(20-8-10-24(31)11-9-20)19-4-6-21(7-5-19)28(30(34)37)35-12-2-3-13-35/h4-11,14-16,27-28H,2-3,12-13,17-18H2,1H3,(H2,34,37)/t27?,28-/m0/s1. The van der Waals surface area contributed by atoms with Crippen LogP contribution in [0, 0.1) is 11.6 Å². The summed E-state index contributed by atoms with van der Waals surface area (Å²) in [7, 11) is -3.77. The first kappa shape index (κ1) is 28.4. The molecule has 2 N–H and O–H groups in total. The molecule has 0 spiro atoms. The highest BCUT2D eigenvalue weighted by Gasteiger charge is 2.35. The molecule has 2 aliphatic heterocycles. The number of hydrogen-bond acceptors (Lipinski definition) is 5. The monoisotopic (exact) mass is 585 g/mol. The van der Waals surface area contributed by atoms with Gasteiger partial charge < -0.3 is 5.73 Å². The predicted molar refractivity (Wildman–Crippen MR) is 152 cm³/mol. The number of nitrogens with zero attached hydrogens (tertiary/aromatic N) is 2. The second kappa shape index (κ2) is 11.4. The highest BCUT2D eigenvalue weighted by Crippen LogP contribution is 2.39. The Morgan fingerprint density at radius 3 is 1.85 bits per heavy atom. The van der Waals surface area contributed by atoms with E-state index in [1.807, 2.05) is 36.4 Å². The number of carbonyl (C=O) groups is 1. The molecule has 1 amide bonds. The van der Waals surface area contributed by atoms with Crippen molar-refractivity contribution in [2.45, 2.75) is 24.9 Å². The van der Waals surface area contributed by atoms with E-state index in [1.54, 1.807) is 12.1 Å². The fourth-order valence-corrected chi connectivity index (χ4v) is 7.14. The molecule has 2 aliphatic rings. The Bertz CT molecular complexity index is 1530. The number of carbonyl (C=O) groups excluding carboxylic acids is 1. The first-order valence-corrected chi connectivity index (χ1v) is 15.3. The lowest BCUT2D eigenvalue weighted by Gasteiger charge is -2.42. The number of halogens is 3. The van der Waals surface area contributed by atoms with Gasteiger partial charge in [0.15, 0.2) is 9.84 Å². The average Bonchev–Trinajstić information content (AvgIpc) is 3.37. The highest BCUT2D eigenvalue weighted by atomic mass is 35.5. The summed E-state index contributed by atoms with van der Waals surface area (Å²) < 4.78 is 53.4. The van der Waals surface area contributed by atoms with Crippen LogP contribution in [0.3, 0.4) is 0 Å². The molecule has 6 nitrogen and oxygen atoms in total. The molecule has 0 aromatic heterocycles. The predicted octanol–water partition coefficient (Wildman–Crippen LogP) is 5.10. The second-order valence-electron chi connectivity index (χ2n) is 10.4. The van der Waals surface area contributed by atoms with Crippen LogP contribution >= 0.6 is 11.6 Å². The van der Waals surface area contributed by atoms with E-state index in [2.05, 4.69) is 9.80 Å². The van der Waals surface area contributed by atoms with E-state index in [4.69, 9.17) is 17.3 Å². The Morgan fingerprint density at radius 1 is 0.850 bits per heavy atom. The summed E-state index contributed by atoms with van der Waals surface area (Å²) in [5.41, 5.74) is 9.06. The molecular weight excluding hydrogens is 556 g/mol. The van der Waals surface area contributed by atoms with Crippen molar-refractivity contribution < 1.29 is 22.0 Å². The molecule has 0 bridgehead atoms. The van der Waals surface area contributed by atoms with Crippen LogP contribution in [0.1, 0.15) is 47.2 Å². The molecular formula is C30H30ClF2N3O3S. The summed E-state index contributed by atoms with van der Waals surface area (Å²) >= 11 is 6.15. The smallest absolute Gasteiger partial charge is 0.239 e. The summed E-state index contributed by atoms with van der Waals surface area (Å²) in [4.78, 5) is 16.5. The number of benzene rings is 3. The Labute approximate surface area is 238 Å². The van der Waals surface area contributed by atoms with Gasteiger partial charge in [-0.25, -0.2) is 17.2 Å². The van der Waals surface area contributed by atoms with Gasteiger partial charge in [-0.05, 0) is 78.0 Å². The van der Waals surface area contributed by atoms with Gasteiger partial charge in [0, 0.05) is 30.4 Å². The third kappa shape index (κ3) is 5.98. The number of sulfone groups is 1. The fraction of sp³-hybridized carbons (Fsp3) is 0.300. The lowest BCUT2D eigenvalue weighted by molar-refractivity contribution is -0.123. The van der Waals surface area contributed by atoms with Gasteiger partial charge in [-0.2, -0.15) is 0 Å². The van der Waals surface area contributed by atoms with Crippen LogP contribution in [0.2, 0.25) is 5.02 Å². The van der Waals surface area contributed by atoms with Crippen LogP contribution in [-0.2, 0) is 14.6 Å². The zero-order chi connectivity index (χ0) is 28.6. The lowest BCUT2D eigenvalue weighted by atomic mass is 9.91. The zero-order valence-corrected chi connectivity index (χ0v) is 23.6. The molecule has 2 fully saturated rings. The largest absolute Gasteiger partial charge is 0.368 e. The van der Waals surface area contributed by atoms with Crippen molar-refractivity contribution >= 4 is 32.3 Å². The number of amides is 1. The van der Waals surface area contributed by atoms with Crippen molar-refractivity contribution in [3.8, 4) is 0 Å². The van der Waals surface area contributed by atoms with E-state index in [9.17, 15) is 22.0 Å². The van der Waals surface area contributed by atoms with Crippen LogP contribution in [0.15, 0.2) is 72.3 Å². The van der Waals surface area contributed by atoms with E-state index in [0.717, 1.165) is 61.0 Å². The molecule has 2 atom stereocenters. The summed E-state index contributed by atoms with van der Waals surface area (Å²) in [6.07, 6.45) is 3.11. The van der Waals surface area contributed by atoms with E-state index < -0.39 is 27.5 Å². The maximum Gasteiger partial charge on any atom is 0.239 e. The first-order valence-electron chi connectivity index (χ1n) is 13.0. The van der Waals surface area contributed by atoms with Crippen molar-refractivity contribution in [2.24, 2.45) is 5.73 Å². The molecule has 0 radical (unpaired) electrons. The third-order valence-corrected chi connectivity index (χ3v) is 9.02. The van der Waals surface area contributed by atoms with E-state index in [0.29, 0.717) is 16.7 Å². The number of nitrogens with two attached hydrogens (primary N) is 1. The van der Waals surface area contributed by atoms with Gasteiger partial charge >= 0.3 is 0 Å². The number of rotatable bonds is 8. The summed E-state index contributed by atoms with van der Waals surface area (Å²) in [6, 6.07) is 17.2. The fourth-order valence-electron chi connectivity index (χ4n) is 5.81. The number of hydrogen-bond donors (Lipinski definition) is 1. The lowest BCUT2D eigenvalue weighted by Crippen LogP contribution is -2.44. The maximum atomic E-state index is 14.0. The first-order chi connectivity index (χ1) is 19.0. The van der Waals surface area contributed by atoms with Crippen molar-refractivity contribution in [3.05, 3.63) is 111 Å². The van der Waals surface area contributed by atoms with Gasteiger partial charge in [0.05, 0.1) is 10.9 Å². The molecule has 3 aromatic rings. The van der Waals surface area contributed by atoms with Crippen molar-refractivity contribution in [2.75, 3.05) is 32.4 Å². The molecule has 10 heteroatoms. The Morgan fingerprint density at radius 2 is 1.35 bits per heavy atom. The molecule has 0 aliphatic carbocycles. The van der Waals surface area contributed by atoms with Gasteiger partial charge in [-0.3, -0.25) is 14.6 Å². The molecule has 5 rings (SSSR count). The molecule has 1 unspecified atom stereocenters. The number of likely N-dealkylation sites (tertiary alicyclic amines) is 2. The Kier molecular flexibility index (Phi) is 8.10. The molecule has 3 aromatic carbocycles. The van der Waals surface area contributed by atoms with Crippen LogP contribution < -0.4 is 5.73 Å². The van der Waals surface area contributed by atoms with Crippen LogP contribution in [-0.4, -0.2) is 56.6 Å². The van der Waals surface area contributed by atoms with Gasteiger partial charge in [0.2, 0.25) is 5.91 Å². The minimum atomic E-state index is -3.77. The SMILES string of the molecule is CS(=O)(=O)C(=C1CN(C(c2ccc(Cl)cc2)c2ccc([C@@H](C(N)=O)N3CCCC3)cc2)C1)c1cc(F)cc(F)c1. The van der Waals surface area contributed by atoms with Crippen LogP contribution in [0.25, 0.3) is 4.91 Å². The minimum absolute atomic E-state index is 0.00134. The molecule has 2 heterocycles. The molecule has 2 saturated heterocycles. The summed E-state index contributed by atoms with van der Waals surface area (Å²) in [5, 5.41) is 0.587. The van der Waals surface area contributed by atoms with Crippen molar-refractivity contribution in [1.29, 1.82) is 0 Å². The summed E-state index contributed by atoms with van der Waals surface area (Å²) in [5.74, 6) is -2.06. The minimum Gasteiger partial charge on any atom is -0.368 e. The highest BCUT2D eigenvalue weighted by molar-refractivity contribution is 8.00. The van der Waals surface area contributed by atoms with Crippen molar-refractivity contribution in [3.63, 3.8) is 0 Å². The van der Waals surface area contributed by atoms with Crippen LogP contribution in [0.4, 0.5) is 8.78 Å². The van der Waals surface area contributed by atoms with Gasteiger partial charge in [0.1, 0.15) is 17.7 Å². The molecule has 40 heavy (non-hydrogen) atoms. The second-order valence-corrected chi connectivity index (χ2v) is 12.8. The normalized spacial score (nSPS) is 17.9. The van der Waals surface area contributed by atoms with Crippen LogP contribution in [0.5, 0.6) is 0 Å².